The molecule has 0 unspecified atom stereocenters. The molecule has 0 saturated heterocycles. The maximum Gasteiger partial charge on any atom is 0.164 e. The molecule has 10 aromatic rings. The monoisotopic (exact) mass is 649 g/mol. The summed E-state index contributed by atoms with van der Waals surface area (Å²) in [5.41, 5.74) is 7.71. The second kappa shape index (κ2) is 10.9. The van der Waals surface area contributed by atoms with Gasteiger partial charge in [0, 0.05) is 54.4 Å². The minimum atomic E-state index is 0.542. The van der Waals surface area contributed by atoms with E-state index in [1.54, 1.807) is 0 Å². The van der Waals surface area contributed by atoms with Crippen molar-refractivity contribution >= 4 is 66.3 Å². The molecule has 7 aromatic carbocycles. The highest BCUT2D eigenvalue weighted by Gasteiger charge is 2.21. The Kier molecular flexibility index (Phi) is 6.16. The molecule has 0 spiro atoms. The molecule has 0 bridgehead atoms. The van der Waals surface area contributed by atoms with E-state index in [2.05, 4.69) is 42.5 Å². The summed E-state index contributed by atoms with van der Waals surface area (Å²) in [6, 6.07) is 48.6. The second-order valence-electron chi connectivity index (χ2n) is 12.1. The highest BCUT2D eigenvalue weighted by Crippen LogP contribution is 2.45. The average Bonchev–Trinajstić information content (AvgIpc) is 3.72. The zero-order valence-electron chi connectivity index (χ0n) is 25.9. The molecule has 0 saturated carbocycles. The van der Waals surface area contributed by atoms with Gasteiger partial charge in [0.05, 0.1) is 0 Å². The zero-order chi connectivity index (χ0) is 32.5. The third kappa shape index (κ3) is 4.44. The van der Waals surface area contributed by atoms with Crippen molar-refractivity contribution in [2.45, 2.75) is 0 Å². The van der Waals surface area contributed by atoms with Gasteiger partial charge < -0.3 is 8.83 Å². The molecule has 0 radical (unpaired) electrons. The first-order valence-corrected chi connectivity index (χ1v) is 16.4. The van der Waals surface area contributed by atoms with Crippen molar-refractivity contribution in [3.8, 4) is 45.3 Å². The maximum atomic E-state index is 7.11. The van der Waals surface area contributed by atoms with Crippen LogP contribution in [-0.4, -0.2) is 15.0 Å². The first-order chi connectivity index (χ1) is 24.2. The smallest absolute Gasteiger partial charge is 0.164 e. The molecule has 0 N–H and O–H groups in total. The molecule has 49 heavy (non-hydrogen) atoms. The molecule has 0 aliphatic rings. The summed E-state index contributed by atoms with van der Waals surface area (Å²) >= 11 is 7.11. The first-order valence-electron chi connectivity index (χ1n) is 16.0. The Morgan fingerprint density at radius 2 is 1.02 bits per heavy atom. The van der Waals surface area contributed by atoms with Crippen LogP contribution in [0.15, 0.2) is 154 Å². The molecular weight excluding hydrogens is 626 g/mol. The van der Waals surface area contributed by atoms with Gasteiger partial charge in [-0.1, -0.05) is 115 Å². The van der Waals surface area contributed by atoms with Crippen LogP contribution in [0.3, 0.4) is 0 Å². The summed E-state index contributed by atoms with van der Waals surface area (Å²) in [7, 11) is 0. The predicted molar refractivity (Wildman–Crippen MR) is 199 cm³/mol. The molecule has 3 heterocycles. The number of furan rings is 2. The van der Waals surface area contributed by atoms with Crippen molar-refractivity contribution in [3.63, 3.8) is 0 Å². The lowest BCUT2D eigenvalue weighted by Crippen LogP contribution is -2.00. The molecule has 0 atom stereocenters. The van der Waals surface area contributed by atoms with Gasteiger partial charge in [0.15, 0.2) is 17.5 Å². The molecule has 0 aliphatic carbocycles. The van der Waals surface area contributed by atoms with Crippen LogP contribution in [0.2, 0.25) is 5.02 Å². The topological polar surface area (TPSA) is 65.0 Å². The fourth-order valence-electron chi connectivity index (χ4n) is 6.99. The first kappa shape index (κ1) is 27.8. The Balaban J connectivity index is 1.25. The standard InChI is InChI=1S/C43H24ClN3O2/c44-33-22-21-27(23-32(33)39-28-14-5-4-13-26(28)24-37-40(39)30-16-7-9-19-35(30)49-37)42-45-41(25-11-2-1-3-12-25)46-43(47-42)31-17-10-20-36-38(31)29-15-6-8-18-34(29)48-36/h1-24H. The van der Waals surface area contributed by atoms with Gasteiger partial charge in [-0.05, 0) is 53.2 Å². The largest absolute Gasteiger partial charge is 0.456 e. The van der Waals surface area contributed by atoms with E-state index in [-0.39, 0.29) is 0 Å². The molecule has 10 rings (SSSR count). The number of aromatic nitrogens is 3. The molecule has 0 aliphatic heterocycles. The molecule has 5 nitrogen and oxygen atoms in total. The fraction of sp³-hybridized carbons (Fsp3) is 0. The van der Waals surface area contributed by atoms with Gasteiger partial charge in [0.2, 0.25) is 0 Å². The van der Waals surface area contributed by atoms with Crippen molar-refractivity contribution < 1.29 is 8.83 Å². The Bertz CT molecular complexity index is 2910. The van der Waals surface area contributed by atoms with E-state index in [1.807, 2.05) is 103 Å². The Morgan fingerprint density at radius 1 is 0.408 bits per heavy atom. The fourth-order valence-corrected chi connectivity index (χ4v) is 7.20. The van der Waals surface area contributed by atoms with Crippen molar-refractivity contribution in [1.82, 2.24) is 15.0 Å². The van der Waals surface area contributed by atoms with E-state index in [0.717, 1.165) is 82.5 Å². The number of benzene rings is 7. The normalized spacial score (nSPS) is 11.8. The van der Waals surface area contributed by atoms with Crippen molar-refractivity contribution in [2.75, 3.05) is 0 Å². The summed E-state index contributed by atoms with van der Waals surface area (Å²) in [5.74, 6) is 1.68. The Labute approximate surface area is 285 Å². The average molecular weight is 650 g/mol. The predicted octanol–water partition coefficient (Wildman–Crippen LogP) is 12.1. The summed E-state index contributed by atoms with van der Waals surface area (Å²) < 4.78 is 12.6. The van der Waals surface area contributed by atoms with Crippen LogP contribution in [-0.2, 0) is 0 Å². The number of hydrogen-bond donors (Lipinski definition) is 0. The number of para-hydroxylation sites is 2. The van der Waals surface area contributed by atoms with Crippen LogP contribution in [0, 0.1) is 0 Å². The minimum Gasteiger partial charge on any atom is -0.456 e. The number of nitrogens with zero attached hydrogens (tertiary/aromatic N) is 3. The lowest BCUT2D eigenvalue weighted by Gasteiger charge is -2.14. The van der Waals surface area contributed by atoms with Crippen LogP contribution >= 0.6 is 11.6 Å². The minimum absolute atomic E-state index is 0.542. The van der Waals surface area contributed by atoms with Crippen molar-refractivity contribution in [3.05, 3.63) is 151 Å². The summed E-state index contributed by atoms with van der Waals surface area (Å²) in [6.45, 7) is 0. The number of rotatable bonds is 4. The van der Waals surface area contributed by atoms with E-state index in [4.69, 9.17) is 35.4 Å². The van der Waals surface area contributed by atoms with Crippen LogP contribution in [0.5, 0.6) is 0 Å². The SMILES string of the molecule is Clc1ccc(-c2nc(-c3ccccc3)nc(-c3cccc4oc5ccccc5c34)n2)cc1-c1c2ccccc2cc2oc3ccccc3c12. The zero-order valence-corrected chi connectivity index (χ0v) is 26.6. The van der Waals surface area contributed by atoms with Gasteiger partial charge in [-0.3, -0.25) is 0 Å². The molecule has 6 heteroatoms. The third-order valence-corrected chi connectivity index (χ3v) is 9.52. The highest BCUT2D eigenvalue weighted by molar-refractivity contribution is 6.35. The van der Waals surface area contributed by atoms with Crippen LogP contribution in [0.4, 0.5) is 0 Å². The van der Waals surface area contributed by atoms with Gasteiger partial charge >= 0.3 is 0 Å². The van der Waals surface area contributed by atoms with Gasteiger partial charge in [-0.15, -0.1) is 0 Å². The number of hydrogen-bond acceptors (Lipinski definition) is 5. The maximum absolute atomic E-state index is 7.11. The molecule has 3 aromatic heterocycles. The van der Waals surface area contributed by atoms with E-state index >= 15 is 0 Å². The summed E-state index contributed by atoms with van der Waals surface area (Å²) in [4.78, 5) is 15.2. The lowest BCUT2D eigenvalue weighted by atomic mass is 9.92. The lowest BCUT2D eigenvalue weighted by molar-refractivity contribution is 0.669. The van der Waals surface area contributed by atoms with Gasteiger partial charge in [0.25, 0.3) is 0 Å². The number of fused-ring (bicyclic) bond motifs is 7. The quantitative estimate of drug-likeness (QED) is 0.190. The molecule has 0 amide bonds. The van der Waals surface area contributed by atoms with Crippen LogP contribution in [0.1, 0.15) is 0 Å². The van der Waals surface area contributed by atoms with Gasteiger partial charge in [-0.2, -0.15) is 0 Å². The van der Waals surface area contributed by atoms with Gasteiger partial charge in [-0.25, -0.2) is 15.0 Å². The van der Waals surface area contributed by atoms with E-state index in [9.17, 15) is 0 Å². The molecular formula is C43H24ClN3O2. The van der Waals surface area contributed by atoms with E-state index in [1.165, 1.54) is 0 Å². The Morgan fingerprint density at radius 3 is 1.82 bits per heavy atom. The number of halogens is 1. The molecule has 230 valence electrons. The third-order valence-electron chi connectivity index (χ3n) is 9.19. The summed E-state index contributed by atoms with van der Waals surface area (Å²) in [5, 5.41) is 6.81. The van der Waals surface area contributed by atoms with Crippen molar-refractivity contribution in [2.24, 2.45) is 0 Å². The van der Waals surface area contributed by atoms with Crippen LogP contribution < -0.4 is 0 Å². The second-order valence-corrected chi connectivity index (χ2v) is 12.5. The molecule has 0 fully saturated rings. The van der Waals surface area contributed by atoms with E-state index < -0.39 is 0 Å². The highest BCUT2D eigenvalue weighted by atomic mass is 35.5. The Hall–Kier alpha value is -6.30. The van der Waals surface area contributed by atoms with Crippen LogP contribution in [0.25, 0.3) is 99.9 Å². The van der Waals surface area contributed by atoms with Gasteiger partial charge in [0.1, 0.15) is 22.3 Å². The summed E-state index contributed by atoms with van der Waals surface area (Å²) in [6.07, 6.45) is 0. The van der Waals surface area contributed by atoms with Crippen molar-refractivity contribution in [1.29, 1.82) is 0 Å². The van der Waals surface area contributed by atoms with E-state index in [0.29, 0.717) is 22.5 Å².